The van der Waals surface area contributed by atoms with Crippen LogP contribution in [0.4, 0.5) is 28.4 Å². The van der Waals surface area contributed by atoms with Crippen LogP contribution < -0.4 is 9.80 Å². The molecule has 0 unspecified atom stereocenters. The lowest BCUT2D eigenvalue weighted by Crippen LogP contribution is -2.18. The number of benzene rings is 7. The fraction of sp³-hybridized carbons (Fsp3) is 0.311. The highest BCUT2D eigenvalue weighted by Crippen LogP contribution is 2.48. The van der Waals surface area contributed by atoms with E-state index in [2.05, 4.69) is 195 Å². The van der Waals surface area contributed by atoms with Gasteiger partial charge in [0.05, 0.1) is 5.69 Å². The second-order valence-corrected chi connectivity index (χ2v) is 19.4. The number of rotatable bonds is 10. The number of anilines is 5. The van der Waals surface area contributed by atoms with Crippen molar-refractivity contribution in [3.05, 3.63) is 191 Å². The number of nitrogens with zero attached hydrogens (tertiary/aromatic N) is 2. The molecule has 318 valence electrons. The van der Waals surface area contributed by atoms with Crippen LogP contribution in [0.25, 0.3) is 28.0 Å². The number of hydrogen-bond donors (Lipinski definition) is 0. The lowest BCUT2D eigenvalue weighted by atomic mass is 9.84. The van der Waals surface area contributed by atoms with Crippen molar-refractivity contribution in [1.82, 2.24) is 0 Å². The summed E-state index contributed by atoms with van der Waals surface area (Å²) in [5, 5.41) is 2.52. The SMILES string of the molecule is CC(C)c1ccc(N(C2=Cc3c(cc(N(c4ccc(C(C)C)cc4)c4ccc(C5CCCCC5)cc4)c4ccccc34)-c3ccccc3C2)c2ccc(C3CCCCC3)cc2)cc1. The molecule has 0 saturated heterocycles. The number of fused-ring (bicyclic) bond motifs is 5. The lowest BCUT2D eigenvalue weighted by molar-refractivity contribution is 0.443. The summed E-state index contributed by atoms with van der Waals surface area (Å²) >= 11 is 0. The van der Waals surface area contributed by atoms with Crippen molar-refractivity contribution in [3.8, 4) is 11.1 Å². The van der Waals surface area contributed by atoms with Crippen molar-refractivity contribution in [2.75, 3.05) is 9.80 Å². The molecule has 2 saturated carbocycles. The first-order valence-electron chi connectivity index (χ1n) is 24.2. The molecule has 2 nitrogen and oxygen atoms in total. The van der Waals surface area contributed by atoms with Crippen molar-refractivity contribution < 1.29 is 0 Å². The highest BCUT2D eigenvalue weighted by molar-refractivity contribution is 6.08. The minimum atomic E-state index is 0.468. The smallest absolute Gasteiger partial charge is 0.0546 e. The van der Waals surface area contributed by atoms with Gasteiger partial charge in [-0.2, -0.15) is 0 Å². The van der Waals surface area contributed by atoms with Gasteiger partial charge in [-0.05, 0) is 160 Å². The predicted molar refractivity (Wildman–Crippen MR) is 271 cm³/mol. The van der Waals surface area contributed by atoms with Crippen LogP contribution in [0.2, 0.25) is 0 Å². The van der Waals surface area contributed by atoms with Crippen LogP contribution in [0.1, 0.15) is 149 Å². The Labute approximate surface area is 377 Å². The van der Waals surface area contributed by atoms with E-state index in [1.807, 2.05) is 0 Å². The van der Waals surface area contributed by atoms with E-state index in [0.29, 0.717) is 23.7 Å². The predicted octanol–water partition coefficient (Wildman–Crippen LogP) is 18.1. The maximum atomic E-state index is 2.54. The standard InChI is InChI=1S/C61H64N2/c1-42(2)44-23-31-51(32-24-44)62(52-35-27-48(28-36-52)46-15-7-5-8-16-46)55-39-50-19-11-12-20-56(50)60-41-61(58-22-14-13-21-57(58)59(60)40-55)63(53-33-25-45(26-34-53)43(3)4)54-37-29-49(30-38-54)47-17-9-6-10-18-47/h11-14,19-38,40-43,46-47H,5-10,15-18,39H2,1-4H3. The lowest BCUT2D eigenvalue weighted by Gasteiger charge is -2.30. The van der Waals surface area contributed by atoms with E-state index in [4.69, 9.17) is 0 Å². The second-order valence-electron chi connectivity index (χ2n) is 19.4. The molecule has 2 heteroatoms. The quantitative estimate of drug-likeness (QED) is 0.136. The molecule has 0 bridgehead atoms. The Hall–Kier alpha value is -5.86. The zero-order valence-electron chi connectivity index (χ0n) is 38.0. The summed E-state index contributed by atoms with van der Waals surface area (Å²) in [4.78, 5) is 5.06. The molecule has 0 amide bonds. The Morgan fingerprint density at radius 1 is 0.429 bits per heavy atom. The molecule has 63 heavy (non-hydrogen) atoms. The molecular formula is C61H64N2. The van der Waals surface area contributed by atoms with Crippen molar-refractivity contribution >= 4 is 45.3 Å². The fourth-order valence-electron chi connectivity index (χ4n) is 11.0. The topological polar surface area (TPSA) is 6.48 Å². The number of allylic oxidation sites excluding steroid dienone is 1. The molecule has 0 heterocycles. The van der Waals surface area contributed by atoms with Gasteiger partial charge in [0.25, 0.3) is 0 Å². The molecule has 7 aromatic carbocycles. The first-order chi connectivity index (χ1) is 30.9. The van der Waals surface area contributed by atoms with Crippen LogP contribution >= 0.6 is 0 Å². The molecular weight excluding hydrogens is 761 g/mol. The van der Waals surface area contributed by atoms with Gasteiger partial charge in [-0.3, -0.25) is 0 Å². The molecule has 3 aliphatic carbocycles. The molecule has 0 aromatic heterocycles. The summed E-state index contributed by atoms with van der Waals surface area (Å²) in [5.74, 6) is 2.28. The summed E-state index contributed by atoms with van der Waals surface area (Å²) in [7, 11) is 0. The molecule has 0 aliphatic heterocycles. The van der Waals surface area contributed by atoms with Crippen molar-refractivity contribution in [3.63, 3.8) is 0 Å². The largest absolute Gasteiger partial charge is 0.314 e. The third kappa shape index (κ3) is 8.38. The summed E-state index contributed by atoms with van der Waals surface area (Å²) in [6, 6.07) is 58.7. The normalized spacial score (nSPS) is 15.8. The fourth-order valence-corrected chi connectivity index (χ4v) is 11.0. The Morgan fingerprint density at radius 3 is 1.38 bits per heavy atom. The van der Waals surface area contributed by atoms with Crippen LogP contribution in [0.3, 0.4) is 0 Å². The van der Waals surface area contributed by atoms with Crippen LogP contribution in [0.15, 0.2) is 157 Å². The minimum Gasteiger partial charge on any atom is -0.314 e. The van der Waals surface area contributed by atoms with Crippen LogP contribution in [-0.4, -0.2) is 0 Å². The molecule has 3 aliphatic rings. The maximum absolute atomic E-state index is 2.54. The molecule has 10 rings (SSSR count). The van der Waals surface area contributed by atoms with Crippen LogP contribution in [0, 0.1) is 0 Å². The third-order valence-corrected chi connectivity index (χ3v) is 14.7. The average Bonchev–Trinajstić information content (AvgIpc) is 3.50. The monoisotopic (exact) mass is 825 g/mol. The van der Waals surface area contributed by atoms with E-state index in [1.165, 1.54) is 154 Å². The average molecular weight is 825 g/mol. The molecule has 0 spiro atoms. The van der Waals surface area contributed by atoms with E-state index < -0.39 is 0 Å². The zero-order valence-corrected chi connectivity index (χ0v) is 38.0. The van der Waals surface area contributed by atoms with Crippen molar-refractivity contribution in [1.29, 1.82) is 0 Å². The first kappa shape index (κ1) is 41.2. The van der Waals surface area contributed by atoms with Gasteiger partial charge in [-0.15, -0.1) is 0 Å². The van der Waals surface area contributed by atoms with Gasteiger partial charge in [-0.1, -0.05) is 163 Å². The third-order valence-electron chi connectivity index (χ3n) is 14.7. The Morgan fingerprint density at radius 2 is 0.873 bits per heavy atom. The van der Waals surface area contributed by atoms with E-state index in [9.17, 15) is 0 Å². The van der Waals surface area contributed by atoms with Crippen molar-refractivity contribution in [2.45, 2.75) is 122 Å². The van der Waals surface area contributed by atoms with E-state index >= 15 is 0 Å². The van der Waals surface area contributed by atoms with Gasteiger partial charge < -0.3 is 9.80 Å². The van der Waals surface area contributed by atoms with Crippen molar-refractivity contribution in [2.24, 2.45) is 0 Å². The van der Waals surface area contributed by atoms with Gasteiger partial charge >= 0.3 is 0 Å². The van der Waals surface area contributed by atoms with E-state index in [-0.39, 0.29) is 0 Å². The van der Waals surface area contributed by atoms with E-state index in [0.717, 1.165) is 6.42 Å². The minimum absolute atomic E-state index is 0.468. The maximum Gasteiger partial charge on any atom is 0.0546 e. The molecule has 7 aromatic rings. The summed E-state index contributed by atoms with van der Waals surface area (Å²) in [6.45, 7) is 9.13. The summed E-state index contributed by atoms with van der Waals surface area (Å²) < 4.78 is 0. The van der Waals surface area contributed by atoms with Crippen LogP contribution in [0.5, 0.6) is 0 Å². The summed E-state index contributed by atoms with van der Waals surface area (Å²) in [5.41, 5.74) is 18.2. The molecule has 0 atom stereocenters. The Kier molecular flexibility index (Phi) is 11.8. The molecule has 0 N–H and O–H groups in total. The Bertz CT molecular complexity index is 2690. The first-order valence-corrected chi connectivity index (χ1v) is 24.2. The van der Waals surface area contributed by atoms with Gasteiger partial charge in [0, 0.05) is 40.3 Å². The number of hydrogen-bond acceptors (Lipinski definition) is 2. The second kappa shape index (κ2) is 18.1. The zero-order chi connectivity index (χ0) is 42.9. The van der Waals surface area contributed by atoms with Crippen LogP contribution in [-0.2, 0) is 6.42 Å². The van der Waals surface area contributed by atoms with Gasteiger partial charge in [-0.25, -0.2) is 0 Å². The Balaban J connectivity index is 1.16. The van der Waals surface area contributed by atoms with Gasteiger partial charge in [0.15, 0.2) is 0 Å². The molecule has 2 fully saturated rings. The van der Waals surface area contributed by atoms with Gasteiger partial charge in [0.1, 0.15) is 0 Å². The van der Waals surface area contributed by atoms with E-state index in [1.54, 1.807) is 0 Å². The highest BCUT2D eigenvalue weighted by atomic mass is 15.2. The highest BCUT2D eigenvalue weighted by Gasteiger charge is 2.27. The molecule has 0 radical (unpaired) electrons. The summed E-state index contributed by atoms with van der Waals surface area (Å²) in [6.07, 6.45) is 16.7. The van der Waals surface area contributed by atoms with Gasteiger partial charge in [0.2, 0.25) is 0 Å².